The number of benzene rings is 1. The van der Waals surface area contributed by atoms with E-state index < -0.39 is 0 Å². The van der Waals surface area contributed by atoms with Crippen molar-refractivity contribution in [1.29, 1.82) is 0 Å². The average Bonchev–Trinajstić information content (AvgIpc) is 2.48. The summed E-state index contributed by atoms with van der Waals surface area (Å²) in [7, 11) is 5.73. The number of rotatable bonds is 6. The lowest BCUT2D eigenvalue weighted by molar-refractivity contribution is 0.221. The van der Waals surface area contributed by atoms with E-state index in [-0.39, 0.29) is 0 Å². The summed E-state index contributed by atoms with van der Waals surface area (Å²) < 4.78 is 0. The maximum Gasteiger partial charge on any atom is 0.113 e. The van der Waals surface area contributed by atoms with Crippen LogP contribution in [-0.4, -0.2) is 13.9 Å². The predicted octanol–water partition coefficient (Wildman–Crippen LogP) is 4.28. The normalized spacial score (nSPS) is 24.3. The summed E-state index contributed by atoms with van der Waals surface area (Å²) in [5, 5.41) is 3.66. The van der Waals surface area contributed by atoms with Crippen molar-refractivity contribution in [3.63, 3.8) is 0 Å². The molecule has 0 aliphatic heterocycles. The third-order valence-electron chi connectivity index (χ3n) is 4.90. The standard InChI is InChI=1S/C18H28BN/c1-3-5-14(4-2)15-6-10-17(11-7-15)20-18-12-8-16(19)9-13-18/h8-9,12-15,17,20H,3-7,10-11H2,1-2H3. The topological polar surface area (TPSA) is 12.0 Å². The predicted molar refractivity (Wildman–Crippen MR) is 89.9 cm³/mol. The van der Waals surface area contributed by atoms with E-state index >= 15 is 0 Å². The highest BCUT2D eigenvalue weighted by atomic mass is 14.9. The maximum atomic E-state index is 5.73. The van der Waals surface area contributed by atoms with Gasteiger partial charge >= 0.3 is 0 Å². The molecular weight excluding hydrogens is 241 g/mol. The van der Waals surface area contributed by atoms with E-state index in [1.54, 1.807) is 0 Å². The highest BCUT2D eigenvalue weighted by molar-refractivity contribution is 6.32. The van der Waals surface area contributed by atoms with Crippen molar-refractivity contribution in [2.45, 2.75) is 64.8 Å². The lowest BCUT2D eigenvalue weighted by Crippen LogP contribution is -2.29. The molecule has 1 fully saturated rings. The number of nitrogens with one attached hydrogen (secondary N) is 1. The van der Waals surface area contributed by atoms with Crippen LogP contribution in [-0.2, 0) is 0 Å². The summed E-state index contributed by atoms with van der Waals surface area (Å²) in [6, 6.07) is 8.78. The molecular formula is C18H28BN. The zero-order chi connectivity index (χ0) is 14.4. The summed E-state index contributed by atoms with van der Waals surface area (Å²) in [5.74, 6) is 1.92. The van der Waals surface area contributed by atoms with Gasteiger partial charge in [0, 0.05) is 11.7 Å². The first-order valence-electron chi connectivity index (χ1n) is 8.35. The largest absolute Gasteiger partial charge is 0.382 e. The smallest absolute Gasteiger partial charge is 0.113 e. The summed E-state index contributed by atoms with van der Waals surface area (Å²) in [5.41, 5.74) is 2.05. The third kappa shape index (κ3) is 4.29. The van der Waals surface area contributed by atoms with Crippen LogP contribution in [0.2, 0.25) is 0 Å². The molecule has 1 aliphatic carbocycles. The third-order valence-corrected chi connectivity index (χ3v) is 4.90. The molecule has 1 N–H and O–H groups in total. The van der Waals surface area contributed by atoms with Crippen LogP contribution in [0.25, 0.3) is 0 Å². The molecule has 1 unspecified atom stereocenters. The van der Waals surface area contributed by atoms with Crippen LogP contribution >= 0.6 is 0 Å². The monoisotopic (exact) mass is 269 g/mol. The van der Waals surface area contributed by atoms with Gasteiger partial charge in [-0.2, -0.15) is 0 Å². The minimum atomic E-state index is 0.647. The SMILES string of the molecule is [B]c1ccc(NC2CCC(C(CC)CCC)CC2)cc1. The van der Waals surface area contributed by atoms with Crippen LogP contribution in [0.15, 0.2) is 24.3 Å². The molecule has 1 aromatic rings. The second-order valence-corrected chi connectivity index (χ2v) is 6.34. The summed E-state index contributed by atoms with van der Waals surface area (Å²) >= 11 is 0. The molecule has 20 heavy (non-hydrogen) atoms. The molecule has 2 rings (SSSR count). The van der Waals surface area contributed by atoms with Crippen LogP contribution in [0, 0.1) is 11.8 Å². The Hall–Kier alpha value is -0.915. The van der Waals surface area contributed by atoms with Crippen molar-refractivity contribution < 1.29 is 0 Å². The van der Waals surface area contributed by atoms with Crippen LogP contribution in [0.3, 0.4) is 0 Å². The van der Waals surface area contributed by atoms with Gasteiger partial charge in [-0.15, -0.1) is 0 Å². The minimum Gasteiger partial charge on any atom is -0.382 e. The Morgan fingerprint density at radius 2 is 1.75 bits per heavy atom. The van der Waals surface area contributed by atoms with E-state index in [2.05, 4.69) is 31.3 Å². The Morgan fingerprint density at radius 3 is 2.30 bits per heavy atom. The Kier molecular flexibility index (Phi) is 6.00. The Labute approximate surface area is 126 Å². The molecule has 0 saturated heterocycles. The van der Waals surface area contributed by atoms with E-state index in [9.17, 15) is 0 Å². The summed E-state index contributed by atoms with van der Waals surface area (Å²) in [6.45, 7) is 4.68. The maximum absolute atomic E-state index is 5.73. The molecule has 1 nitrogen and oxygen atoms in total. The van der Waals surface area contributed by atoms with Gasteiger partial charge in [0.2, 0.25) is 0 Å². The van der Waals surface area contributed by atoms with E-state index in [1.165, 1.54) is 50.6 Å². The van der Waals surface area contributed by atoms with Gasteiger partial charge in [0.25, 0.3) is 0 Å². The lowest BCUT2D eigenvalue weighted by Gasteiger charge is -2.34. The summed E-state index contributed by atoms with van der Waals surface area (Å²) in [4.78, 5) is 0. The second-order valence-electron chi connectivity index (χ2n) is 6.34. The van der Waals surface area contributed by atoms with Gasteiger partial charge in [-0.05, 0) is 49.7 Å². The van der Waals surface area contributed by atoms with Crippen molar-refractivity contribution in [2.75, 3.05) is 5.32 Å². The average molecular weight is 269 g/mol. The quantitative estimate of drug-likeness (QED) is 0.760. The first-order chi connectivity index (χ1) is 9.72. The zero-order valence-electron chi connectivity index (χ0n) is 13.1. The molecule has 1 saturated carbocycles. The fraction of sp³-hybridized carbons (Fsp3) is 0.667. The Bertz CT molecular complexity index is 379. The van der Waals surface area contributed by atoms with Gasteiger partial charge in [-0.1, -0.05) is 50.7 Å². The molecule has 1 aliphatic rings. The van der Waals surface area contributed by atoms with Crippen molar-refractivity contribution >= 4 is 19.0 Å². The minimum absolute atomic E-state index is 0.647. The lowest BCUT2D eigenvalue weighted by atomic mass is 9.75. The van der Waals surface area contributed by atoms with Gasteiger partial charge in [0.1, 0.15) is 7.85 Å². The highest BCUT2D eigenvalue weighted by Gasteiger charge is 2.26. The molecule has 108 valence electrons. The Balaban J connectivity index is 1.80. The van der Waals surface area contributed by atoms with Crippen molar-refractivity contribution in [2.24, 2.45) is 11.8 Å². The molecule has 1 aromatic carbocycles. The molecule has 0 heterocycles. The first-order valence-corrected chi connectivity index (χ1v) is 8.35. The fourth-order valence-corrected chi connectivity index (χ4v) is 3.69. The molecule has 2 heteroatoms. The van der Waals surface area contributed by atoms with Gasteiger partial charge in [0.05, 0.1) is 0 Å². The van der Waals surface area contributed by atoms with E-state index in [4.69, 9.17) is 7.85 Å². The van der Waals surface area contributed by atoms with E-state index in [0.29, 0.717) is 6.04 Å². The van der Waals surface area contributed by atoms with Crippen molar-refractivity contribution in [3.8, 4) is 0 Å². The van der Waals surface area contributed by atoms with Gasteiger partial charge in [-0.25, -0.2) is 0 Å². The molecule has 0 amide bonds. The van der Waals surface area contributed by atoms with Gasteiger partial charge < -0.3 is 5.32 Å². The highest BCUT2D eigenvalue weighted by Crippen LogP contribution is 2.35. The van der Waals surface area contributed by atoms with Gasteiger partial charge in [-0.3, -0.25) is 0 Å². The molecule has 1 atom stereocenters. The molecule has 0 spiro atoms. The van der Waals surface area contributed by atoms with E-state index in [0.717, 1.165) is 17.3 Å². The van der Waals surface area contributed by atoms with Crippen LogP contribution in [0.5, 0.6) is 0 Å². The second kappa shape index (κ2) is 7.76. The first kappa shape index (κ1) is 15.5. The van der Waals surface area contributed by atoms with Crippen molar-refractivity contribution in [1.82, 2.24) is 0 Å². The molecule has 0 bridgehead atoms. The van der Waals surface area contributed by atoms with Crippen LogP contribution < -0.4 is 10.8 Å². The van der Waals surface area contributed by atoms with Crippen LogP contribution in [0.4, 0.5) is 5.69 Å². The number of hydrogen-bond acceptors (Lipinski definition) is 1. The van der Waals surface area contributed by atoms with Crippen LogP contribution in [0.1, 0.15) is 58.8 Å². The number of anilines is 1. The zero-order valence-corrected chi connectivity index (χ0v) is 13.1. The summed E-state index contributed by atoms with van der Waals surface area (Å²) in [6.07, 6.45) is 9.52. The van der Waals surface area contributed by atoms with E-state index in [1.807, 2.05) is 12.1 Å². The van der Waals surface area contributed by atoms with Gasteiger partial charge in [0.15, 0.2) is 0 Å². The van der Waals surface area contributed by atoms with Crippen molar-refractivity contribution in [3.05, 3.63) is 24.3 Å². The number of hydrogen-bond donors (Lipinski definition) is 1. The molecule has 0 aromatic heterocycles. The molecule has 2 radical (unpaired) electrons. The Morgan fingerprint density at radius 1 is 1.10 bits per heavy atom. The fourth-order valence-electron chi connectivity index (χ4n) is 3.69.